The van der Waals surface area contributed by atoms with Crippen LogP contribution >= 0.6 is 0 Å². The van der Waals surface area contributed by atoms with Crippen LogP contribution in [-0.4, -0.2) is 41.3 Å². The average molecular weight is 339 g/mol. The van der Waals surface area contributed by atoms with Crippen molar-refractivity contribution in [3.8, 4) is 0 Å². The average Bonchev–Trinajstić information content (AvgIpc) is 3.03. The van der Waals surface area contributed by atoms with Crippen LogP contribution < -0.4 is 10.6 Å². The van der Waals surface area contributed by atoms with Gasteiger partial charge in [-0.2, -0.15) is 0 Å². The molecule has 0 aliphatic heterocycles. The number of fused-ring (bicyclic) bond motifs is 1. The number of aromatic nitrogens is 3. The van der Waals surface area contributed by atoms with E-state index in [9.17, 15) is 4.79 Å². The van der Waals surface area contributed by atoms with E-state index in [1.54, 1.807) is 19.2 Å². The number of para-hydroxylation sites is 1. The molecular weight excluding hydrogens is 318 g/mol. The van der Waals surface area contributed by atoms with Gasteiger partial charge in [0.2, 0.25) is 5.91 Å². The van der Waals surface area contributed by atoms with Gasteiger partial charge in [0.05, 0.1) is 6.42 Å². The third-order valence-corrected chi connectivity index (χ3v) is 3.79. The largest absolute Gasteiger partial charge is 0.385 e. The maximum atomic E-state index is 12.2. The second kappa shape index (κ2) is 8.25. The zero-order chi connectivity index (χ0) is 17.5. The Kier molecular flexibility index (Phi) is 5.58. The van der Waals surface area contributed by atoms with Crippen LogP contribution in [0, 0.1) is 0 Å². The molecule has 0 spiro atoms. The number of benzene rings is 1. The van der Waals surface area contributed by atoms with E-state index in [2.05, 4.69) is 25.8 Å². The number of amides is 1. The second-order valence-electron chi connectivity index (χ2n) is 5.66. The van der Waals surface area contributed by atoms with Gasteiger partial charge in [0, 0.05) is 37.4 Å². The summed E-state index contributed by atoms with van der Waals surface area (Å²) in [5.41, 5.74) is 1.98. The van der Waals surface area contributed by atoms with E-state index in [0.717, 1.165) is 29.4 Å². The summed E-state index contributed by atoms with van der Waals surface area (Å²) in [4.78, 5) is 15.4. The fourth-order valence-electron chi connectivity index (χ4n) is 2.56. The Morgan fingerprint density at radius 2 is 1.96 bits per heavy atom. The first kappa shape index (κ1) is 16.9. The summed E-state index contributed by atoms with van der Waals surface area (Å²) in [5, 5.41) is 15.1. The van der Waals surface area contributed by atoms with Crippen LogP contribution in [0.4, 0.5) is 11.6 Å². The highest BCUT2D eigenvalue weighted by Crippen LogP contribution is 2.18. The van der Waals surface area contributed by atoms with E-state index in [1.165, 1.54) is 0 Å². The Hall–Kier alpha value is -2.93. The summed E-state index contributed by atoms with van der Waals surface area (Å²) in [6.45, 7) is 1.46. The lowest BCUT2D eigenvalue weighted by atomic mass is 10.1. The fourth-order valence-corrected chi connectivity index (χ4v) is 2.56. The molecule has 1 amide bonds. The fraction of sp³-hybridized carbons (Fsp3) is 0.278. The molecule has 1 aromatic carbocycles. The minimum atomic E-state index is -0.125. The predicted octanol–water partition coefficient (Wildman–Crippen LogP) is 2.59. The summed E-state index contributed by atoms with van der Waals surface area (Å²) in [7, 11) is 1.67. The highest BCUT2D eigenvalue weighted by atomic mass is 16.5. The van der Waals surface area contributed by atoms with Crippen LogP contribution in [0.1, 0.15) is 12.0 Å². The Balaban J connectivity index is 1.54. The van der Waals surface area contributed by atoms with Crippen molar-refractivity contribution in [1.29, 1.82) is 0 Å². The minimum absolute atomic E-state index is 0.125. The van der Waals surface area contributed by atoms with E-state index in [4.69, 9.17) is 4.74 Å². The van der Waals surface area contributed by atoms with Crippen LogP contribution in [0.2, 0.25) is 0 Å². The van der Waals surface area contributed by atoms with Crippen LogP contribution in [0.5, 0.6) is 0 Å². The van der Waals surface area contributed by atoms with Gasteiger partial charge in [-0.3, -0.25) is 4.79 Å². The number of H-pyrrole nitrogens is 1. The van der Waals surface area contributed by atoms with Crippen molar-refractivity contribution in [2.45, 2.75) is 12.8 Å². The predicted molar refractivity (Wildman–Crippen MR) is 97.6 cm³/mol. The number of rotatable bonds is 8. The van der Waals surface area contributed by atoms with Gasteiger partial charge in [0.15, 0.2) is 5.82 Å². The lowest BCUT2D eigenvalue weighted by Gasteiger charge is -2.06. The molecule has 3 N–H and O–H groups in total. The summed E-state index contributed by atoms with van der Waals surface area (Å²) in [6, 6.07) is 11.4. The lowest BCUT2D eigenvalue weighted by molar-refractivity contribution is -0.115. The van der Waals surface area contributed by atoms with E-state index in [0.29, 0.717) is 18.2 Å². The SMILES string of the molecule is COCCCNc1ccc(NC(=O)Cc2c[nH]c3ccccc23)nn1. The number of hydrogen-bond acceptors (Lipinski definition) is 5. The van der Waals surface area contributed by atoms with Crippen molar-refractivity contribution in [1.82, 2.24) is 15.2 Å². The molecule has 0 atom stereocenters. The molecule has 0 saturated heterocycles. The van der Waals surface area contributed by atoms with Gasteiger partial charge in [-0.15, -0.1) is 10.2 Å². The van der Waals surface area contributed by atoms with Gasteiger partial charge >= 0.3 is 0 Å². The first-order valence-corrected chi connectivity index (χ1v) is 8.17. The van der Waals surface area contributed by atoms with Crippen molar-refractivity contribution < 1.29 is 9.53 Å². The standard InChI is InChI=1S/C18H21N5O2/c1-25-10-4-9-19-16-7-8-17(23-22-16)21-18(24)11-13-12-20-15-6-3-2-5-14(13)15/h2-3,5-8,12,20H,4,9-11H2,1H3,(H,19,22)(H,21,23,24). The van der Waals surface area contributed by atoms with Gasteiger partial charge in [-0.1, -0.05) is 18.2 Å². The van der Waals surface area contributed by atoms with Gasteiger partial charge in [-0.05, 0) is 30.2 Å². The van der Waals surface area contributed by atoms with Crippen LogP contribution in [0.15, 0.2) is 42.6 Å². The molecule has 7 heteroatoms. The normalized spacial score (nSPS) is 10.8. The molecule has 0 radical (unpaired) electrons. The number of aromatic amines is 1. The minimum Gasteiger partial charge on any atom is -0.385 e. The molecule has 2 aromatic heterocycles. The molecule has 0 bridgehead atoms. The van der Waals surface area contributed by atoms with Crippen molar-refractivity contribution in [2.24, 2.45) is 0 Å². The summed E-state index contributed by atoms with van der Waals surface area (Å²) in [5.74, 6) is 0.984. The van der Waals surface area contributed by atoms with Crippen molar-refractivity contribution >= 4 is 28.4 Å². The number of hydrogen-bond donors (Lipinski definition) is 3. The maximum Gasteiger partial charge on any atom is 0.230 e. The van der Waals surface area contributed by atoms with Crippen LogP contribution in [-0.2, 0) is 16.0 Å². The number of nitrogens with one attached hydrogen (secondary N) is 3. The monoisotopic (exact) mass is 339 g/mol. The van der Waals surface area contributed by atoms with E-state index in [1.807, 2.05) is 30.5 Å². The summed E-state index contributed by atoms with van der Waals surface area (Å²) < 4.78 is 4.99. The molecule has 7 nitrogen and oxygen atoms in total. The number of ether oxygens (including phenoxy) is 1. The molecule has 0 unspecified atom stereocenters. The maximum absolute atomic E-state index is 12.2. The first-order valence-electron chi connectivity index (χ1n) is 8.17. The number of carbonyl (C=O) groups is 1. The molecule has 0 aliphatic carbocycles. The smallest absolute Gasteiger partial charge is 0.230 e. The topological polar surface area (TPSA) is 91.9 Å². The van der Waals surface area contributed by atoms with Crippen LogP contribution in [0.3, 0.4) is 0 Å². The third-order valence-electron chi connectivity index (χ3n) is 3.79. The molecule has 0 fully saturated rings. The van der Waals surface area contributed by atoms with Gasteiger partial charge < -0.3 is 20.4 Å². The zero-order valence-electron chi connectivity index (χ0n) is 14.1. The van der Waals surface area contributed by atoms with Crippen LogP contribution in [0.25, 0.3) is 10.9 Å². The van der Waals surface area contributed by atoms with Gasteiger partial charge in [0.25, 0.3) is 0 Å². The van der Waals surface area contributed by atoms with Crippen molar-refractivity contribution in [2.75, 3.05) is 30.9 Å². The molecule has 0 saturated carbocycles. The second-order valence-corrected chi connectivity index (χ2v) is 5.66. The highest BCUT2D eigenvalue weighted by molar-refractivity contribution is 5.95. The summed E-state index contributed by atoms with van der Waals surface area (Å²) in [6.07, 6.45) is 3.03. The Morgan fingerprint density at radius 1 is 1.16 bits per heavy atom. The lowest BCUT2D eigenvalue weighted by Crippen LogP contribution is -2.16. The zero-order valence-corrected chi connectivity index (χ0v) is 14.1. The Bertz CT molecular complexity index is 829. The van der Waals surface area contributed by atoms with Gasteiger partial charge in [0.1, 0.15) is 5.82 Å². The quantitative estimate of drug-likeness (QED) is 0.549. The van der Waals surface area contributed by atoms with Crippen molar-refractivity contribution in [3.63, 3.8) is 0 Å². The van der Waals surface area contributed by atoms with E-state index in [-0.39, 0.29) is 12.3 Å². The number of methoxy groups -OCH3 is 1. The molecule has 2 heterocycles. The molecule has 25 heavy (non-hydrogen) atoms. The molecule has 130 valence electrons. The molecule has 0 aliphatic rings. The molecule has 3 rings (SSSR count). The number of carbonyl (C=O) groups excluding carboxylic acids is 1. The molecular formula is C18H21N5O2. The number of anilines is 2. The molecule has 3 aromatic rings. The first-order chi connectivity index (χ1) is 12.3. The van der Waals surface area contributed by atoms with Gasteiger partial charge in [-0.25, -0.2) is 0 Å². The highest BCUT2D eigenvalue weighted by Gasteiger charge is 2.09. The van der Waals surface area contributed by atoms with Crippen molar-refractivity contribution in [3.05, 3.63) is 48.2 Å². The third kappa shape index (κ3) is 4.54. The Morgan fingerprint density at radius 3 is 2.76 bits per heavy atom. The summed E-state index contributed by atoms with van der Waals surface area (Å²) >= 11 is 0. The van der Waals surface area contributed by atoms with E-state index < -0.39 is 0 Å². The Labute approximate surface area is 145 Å². The number of nitrogens with zero attached hydrogens (tertiary/aromatic N) is 2. The van der Waals surface area contributed by atoms with E-state index >= 15 is 0 Å².